The summed E-state index contributed by atoms with van der Waals surface area (Å²) in [6.07, 6.45) is 1.71. The number of amides is 1. The molecule has 1 fully saturated rings. The Hall–Kier alpha value is -2.80. The first-order valence-corrected chi connectivity index (χ1v) is 11.1. The molecule has 30 heavy (non-hydrogen) atoms. The molecule has 0 unspecified atom stereocenters. The number of likely N-dealkylation sites (tertiary alicyclic amines) is 1. The van der Waals surface area contributed by atoms with E-state index < -0.39 is 0 Å². The van der Waals surface area contributed by atoms with E-state index >= 15 is 0 Å². The highest BCUT2D eigenvalue weighted by Gasteiger charge is 2.40. The van der Waals surface area contributed by atoms with Crippen molar-refractivity contribution in [3.63, 3.8) is 0 Å². The molecule has 156 valence electrons. The number of aromatic nitrogens is 3. The number of thiazole rings is 1. The molecule has 1 aliphatic rings. The third-order valence-corrected chi connectivity index (χ3v) is 6.85. The molecule has 0 bridgehead atoms. The number of piperidine rings is 1. The molecule has 6 nitrogen and oxygen atoms in total. The van der Waals surface area contributed by atoms with Crippen LogP contribution in [0.5, 0.6) is 0 Å². The van der Waals surface area contributed by atoms with E-state index in [1.807, 2.05) is 17.9 Å². The number of benzene rings is 1. The quantitative estimate of drug-likeness (QED) is 0.700. The van der Waals surface area contributed by atoms with Crippen LogP contribution in [-0.4, -0.2) is 38.8 Å². The van der Waals surface area contributed by atoms with Gasteiger partial charge in [0.15, 0.2) is 0 Å². The van der Waals surface area contributed by atoms with E-state index in [0.29, 0.717) is 30.2 Å². The number of aryl methyl sites for hydroxylation is 3. The monoisotopic (exact) mass is 422 g/mol. The lowest BCUT2D eigenvalue weighted by Crippen LogP contribution is -2.46. The number of hydrogen-bond donors (Lipinski definition) is 1. The average Bonchev–Trinajstić information content (AvgIpc) is 3.18. The van der Waals surface area contributed by atoms with Crippen molar-refractivity contribution in [2.45, 2.75) is 45.4 Å². The number of rotatable bonds is 4. The first-order valence-electron chi connectivity index (χ1n) is 10.2. The van der Waals surface area contributed by atoms with Gasteiger partial charge in [0, 0.05) is 35.1 Å². The summed E-state index contributed by atoms with van der Waals surface area (Å²) in [6.45, 7) is 6.84. The standard InChI is InChI=1S/C23H26N4O2S/c1-15-19(22(29)25-16(2)24-15)13-21(28)27-11-9-23(10-12-27,18-7-5-4-6-8-18)20-14-30-17(3)26-20/h4-8,14H,9-13H2,1-3H3,(H,24,25,29). The molecular formula is C23H26N4O2S. The van der Waals surface area contributed by atoms with E-state index in [2.05, 4.69) is 39.6 Å². The molecule has 1 amide bonds. The molecule has 1 N–H and O–H groups in total. The first-order chi connectivity index (χ1) is 14.4. The number of carbonyl (C=O) groups excluding carboxylic acids is 1. The number of nitrogens with zero attached hydrogens (tertiary/aromatic N) is 3. The summed E-state index contributed by atoms with van der Waals surface area (Å²) in [5, 5.41) is 3.21. The van der Waals surface area contributed by atoms with Crippen molar-refractivity contribution in [1.29, 1.82) is 0 Å². The fourth-order valence-corrected chi connectivity index (χ4v) is 5.10. The Morgan fingerprint density at radius 3 is 2.43 bits per heavy atom. The maximum Gasteiger partial charge on any atom is 0.254 e. The zero-order valence-electron chi connectivity index (χ0n) is 17.6. The Bertz CT molecular complexity index is 1110. The zero-order valence-corrected chi connectivity index (χ0v) is 18.4. The van der Waals surface area contributed by atoms with E-state index in [9.17, 15) is 9.59 Å². The van der Waals surface area contributed by atoms with E-state index in [-0.39, 0.29) is 23.3 Å². The molecule has 0 saturated carbocycles. The van der Waals surface area contributed by atoms with Crippen molar-refractivity contribution >= 4 is 17.2 Å². The number of aromatic amines is 1. The van der Waals surface area contributed by atoms with Crippen LogP contribution in [0.15, 0.2) is 40.5 Å². The highest BCUT2D eigenvalue weighted by atomic mass is 32.1. The Morgan fingerprint density at radius 2 is 1.83 bits per heavy atom. The van der Waals surface area contributed by atoms with Gasteiger partial charge in [-0.15, -0.1) is 11.3 Å². The summed E-state index contributed by atoms with van der Waals surface area (Å²) in [6, 6.07) is 10.5. The lowest BCUT2D eigenvalue weighted by Gasteiger charge is -2.41. The summed E-state index contributed by atoms with van der Waals surface area (Å²) >= 11 is 1.67. The molecule has 2 aromatic heterocycles. The van der Waals surface area contributed by atoms with Crippen LogP contribution in [0, 0.1) is 20.8 Å². The van der Waals surface area contributed by atoms with Gasteiger partial charge >= 0.3 is 0 Å². The maximum absolute atomic E-state index is 13.0. The lowest BCUT2D eigenvalue weighted by atomic mass is 9.70. The van der Waals surface area contributed by atoms with E-state index in [0.717, 1.165) is 23.5 Å². The molecule has 7 heteroatoms. The third-order valence-electron chi connectivity index (χ3n) is 6.07. The van der Waals surface area contributed by atoms with Crippen molar-refractivity contribution in [3.8, 4) is 0 Å². The van der Waals surface area contributed by atoms with Crippen LogP contribution in [-0.2, 0) is 16.6 Å². The molecule has 0 radical (unpaired) electrons. The number of H-pyrrole nitrogens is 1. The molecule has 0 spiro atoms. The van der Waals surface area contributed by atoms with Gasteiger partial charge in [0.25, 0.3) is 5.56 Å². The molecule has 1 aromatic carbocycles. The van der Waals surface area contributed by atoms with Gasteiger partial charge in [-0.25, -0.2) is 9.97 Å². The average molecular weight is 423 g/mol. The Morgan fingerprint density at radius 1 is 1.13 bits per heavy atom. The SMILES string of the molecule is Cc1nc(C)c(CC(=O)N2CCC(c3ccccc3)(c3csc(C)n3)CC2)c(=O)[nH]1. The topological polar surface area (TPSA) is 79.0 Å². The van der Waals surface area contributed by atoms with Gasteiger partial charge in [-0.3, -0.25) is 9.59 Å². The highest BCUT2D eigenvalue weighted by Crippen LogP contribution is 2.42. The fraction of sp³-hybridized carbons (Fsp3) is 0.391. The minimum atomic E-state index is -0.220. The summed E-state index contributed by atoms with van der Waals surface area (Å²) < 4.78 is 0. The van der Waals surface area contributed by atoms with E-state index in [4.69, 9.17) is 4.98 Å². The van der Waals surface area contributed by atoms with Crippen LogP contribution in [0.4, 0.5) is 0 Å². The molecule has 1 saturated heterocycles. The molecule has 0 aliphatic carbocycles. The Labute approximate surface area is 180 Å². The van der Waals surface area contributed by atoms with Crippen LogP contribution in [0.25, 0.3) is 0 Å². The van der Waals surface area contributed by atoms with Gasteiger partial charge in [0.1, 0.15) is 5.82 Å². The Balaban J connectivity index is 1.55. The molecule has 4 rings (SSSR count). The van der Waals surface area contributed by atoms with Crippen LogP contribution < -0.4 is 5.56 Å². The number of nitrogens with one attached hydrogen (secondary N) is 1. The van der Waals surface area contributed by atoms with Gasteiger partial charge in [-0.2, -0.15) is 0 Å². The van der Waals surface area contributed by atoms with Gasteiger partial charge < -0.3 is 9.88 Å². The van der Waals surface area contributed by atoms with Crippen LogP contribution in [0.1, 0.15) is 46.2 Å². The second-order valence-corrected chi connectivity index (χ2v) is 9.03. The second-order valence-electron chi connectivity index (χ2n) is 7.97. The second kappa shape index (κ2) is 8.14. The summed E-state index contributed by atoms with van der Waals surface area (Å²) in [7, 11) is 0. The summed E-state index contributed by atoms with van der Waals surface area (Å²) in [5.41, 5.74) is 3.03. The first kappa shape index (κ1) is 20.5. The van der Waals surface area contributed by atoms with Crippen molar-refractivity contribution in [2.75, 3.05) is 13.1 Å². The van der Waals surface area contributed by atoms with Crippen molar-refractivity contribution in [1.82, 2.24) is 19.9 Å². The molecule has 0 atom stereocenters. The van der Waals surface area contributed by atoms with Gasteiger partial charge in [0.2, 0.25) is 5.91 Å². The van der Waals surface area contributed by atoms with Gasteiger partial charge in [-0.1, -0.05) is 30.3 Å². The normalized spacial score (nSPS) is 15.9. The van der Waals surface area contributed by atoms with E-state index in [1.165, 1.54) is 5.56 Å². The zero-order chi connectivity index (χ0) is 21.3. The maximum atomic E-state index is 13.0. The molecule has 3 aromatic rings. The van der Waals surface area contributed by atoms with E-state index in [1.54, 1.807) is 25.2 Å². The van der Waals surface area contributed by atoms with Crippen molar-refractivity contribution in [2.24, 2.45) is 0 Å². The minimum Gasteiger partial charge on any atom is -0.342 e. The van der Waals surface area contributed by atoms with Crippen LogP contribution in [0.2, 0.25) is 0 Å². The largest absolute Gasteiger partial charge is 0.342 e. The summed E-state index contributed by atoms with van der Waals surface area (Å²) in [5.74, 6) is 0.545. The molecule has 1 aliphatic heterocycles. The highest BCUT2D eigenvalue weighted by molar-refractivity contribution is 7.09. The van der Waals surface area contributed by atoms with Crippen molar-refractivity contribution < 1.29 is 4.79 Å². The smallest absolute Gasteiger partial charge is 0.254 e. The number of hydrogen-bond acceptors (Lipinski definition) is 5. The van der Waals surface area contributed by atoms with Crippen LogP contribution >= 0.6 is 11.3 Å². The predicted octanol–water partition coefficient (Wildman–Crippen LogP) is 3.30. The van der Waals surface area contributed by atoms with Gasteiger partial charge in [-0.05, 0) is 39.2 Å². The Kier molecular flexibility index (Phi) is 5.56. The van der Waals surface area contributed by atoms with Crippen molar-refractivity contribution in [3.05, 3.63) is 79.4 Å². The molecule has 3 heterocycles. The van der Waals surface area contributed by atoms with Gasteiger partial charge in [0.05, 0.1) is 17.1 Å². The minimum absolute atomic E-state index is 0.0228. The summed E-state index contributed by atoms with van der Waals surface area (Å²) in [4.78, 5) is 39.0. The lowest BCUT2D eigenvalue weighted by molar-refractivity contribution is -0.131. The third kappa shape index (κ3) is 3.81. The molecular weight excluding hydrogens is 396 g/mol. The number of carbonyl (C=O) groups is 1. The fourth-order valence-electron chi connectivity index (χ4n) is 4.39. The predicted molar refractivity (Wildman–Crippen MR) is 118 cm³/mol. The van der Waals surface area contributed by atoms with Crippen LogP contribution in [0.3, 0.4) is 0 Å².